The number of nitrogens with zero attached hydrogens (tertiary/aromatic N) is 6. The molecule has 1 aliphatic rings. The summed E-state index contributed by atoms with van der Waals surface area (Å²) in [6.07, 6.45) is 3.80. The van der Waals surface area contributed by atoms with E-state index in [1.165, 1.54) is 0 Å². The summed E-state index contributed by atoms with van der Waals surface area (Å²) in [5.41, 5.74) is 7.84. The molecule has 1 amide bonds. The van der Waals surface area contributed by atoms with Crippen LogP contribution >= 0.6 is 0 Å². The van der Waals surface area contributed by atoms with E-state index in [0.717, 1.165) is 18.5 Å². The molecule has 0 unspecified atom stereocenters. The highest BCUT2D eigenvalue weighted by Crippen LogP contribution is 2.27. The maximum absolute atomic E-state index is 12.5. The van der Waals surface area contributed by atoms with Crippen molar-refractivity contribution in [3.63, 3.8) is 0 Å². The van der Waals surface area contributed by atoms with Gasteiger partial charge in [0, 0.05) is 18.7 Å². The Bertz CT molecular complexity index is 970. The number of rotatable bonds is 6. The maximum atomic E-state index is 12.5. The lowest BCUT2D eigenvalue weighted by atomic mass is 10.4. The molecule has 0 bridgehead atoms. The number of aryl methyl sites for hydroxylation is 2. The fourth-order valence-corrected chi connectivity index (χ4v) is 2.82. The predicted molar refractivity (Wildman–Crippen MR) is 97.6 cm³/mol. The normalized spacial score (nSPS) is 13.9. The highest BCUT2D eigenvalue weighted by molar-refractivity contribution is 5.91. The Morgan fingerprint density at radius 1 is 1.38 bits per heavy atom. The van der Waals surface area contributed by atoms with Gasteiger partial charge in [-0.05, 0) is 26.7 Å². The third kappa shape index (κ3) is 3.17. The summed E-state index contributed by atoms with van der Waals surface area (Å²) < 4.78 is 3.41. The van der Waals surface area contributed by atoms with Crippen LogP contribution in [0.4, 0.5) is 17.6 Å². The van der Waals surface area contributed by atoms with Crippen LogP contribution in [0.1, 0.15) is 25.5 Å². The van der Waals surface area contributed by atoms with Crippen LogP contribution in [-0.4, -0.2) is 41.2 Å². The Balaban J connectivity index is 1.56. The summed E-state index contributed by atoms with van der Waals surface area (Å²) in [4.78, 5) is 25.3. The third-order valence-electron chi connectivity index (χ3n) is 4.18. The van der Waals surface area contributed by atoms with Gasteiger partial charge in [-0.15, -0.1) is 0 Å². The van der Waals surface area contributed by atoms with Crippen molar-refractivity contribution in [2.45, 2.75) is 45.8 Å². The van der Waals surface area contributed by atoms with Crippen molar-refractivity contribution < 1.29 is 4.79 Å². The van der Waals surface area contributed by atoms with E-state index in [2.05, 4.69) is 30.7 Å². The van der Waals surface area contributed by atoms with Gasteiger partial charge in [0.05, 0.1) is 12.0 Å². The van der Waals surface area contributed by atoms with Gasteiger partial charge in [0.1, 0.15) is 12.4 Å². The number of imidazole rings is 1. The lowest BCUT2D eigenvalue weighted by molar-refractivity contribution is -0.116. The van der Waals surface area contributed by atoms with Crippen LogP contribution in [0.25, 0.3) is 11.2 Å². The summed E-state index contributed by atoms with van der Waals surface area (Å²) in [7, 11) is 0. The van der Waals surface area contributed by atoms with Crippen molar-refractivity contribution in [3.05, 3.63) is 18.1 Å². The van der Waals surface area contributed by atoms with Gasteiger partial charge < -0.3 is 20.9 Å². The van der Waals surface area contributed by atoms with Crippen LogP contribution in [0, 0.1) is 6.92 Å². The molecule has 0 aliphatic heterocycles. The first kappa shape index (κ1) is 16.3. The Labute approximate surface area is 149 Å². The van der Waals surface area contributed by atoms with Crippen LogP contribution in [-0.2, 0) is 17.9 Å². The summed E-state index contributed by atoms with van der Waals surface area (Å²) >= 11 is 0. The molecule has 0 aromatic carbocycles. The summed E-state index contributed by atoms with van der Waals surface area (Å²) in [6.45, 7) is 4.61. The van der Waals surface area contributed by atoms with Gasteiger partial charge in [0.25, 0.3) is 0 Å². The van der Waals surface area contributed by atoms with Gasteiger partial charge in [0.2, 0.25) is 11.9 Å². The highest BCUT2D eigenvalue weighted by Gasteiger charge is 2.24. The second kappa shape index (κ2) is 6.28. The zero-order chi connectivity index (χ0) is 18.3. The number of aromatic nitrogens is 6. The molecule has 4 rings (SSSR count). The molecule has 1 fully saturated rings. The fourth-order valence-electron chi connectivity index (χ4n) is 2.82. The predicted octanol–water partition coefficient (Wildman–Crippen LogP) is 1.15. The molecule has 4 N–H and O–H groups in total. The topological polar surface area (TPSA) is 129 Å². The molecular weight excluding hydrogens is 334 g/mol. The minimum atomic E-state index is -0.187. The number of carbonyl (C=O) groups excluding carboxylic acids is 1. The van der Waals surface area contributed by atoms with Crippen LogP contribution in [0.5, 0.6) is 0 Å². The zero-order valence-electron chi connectivity index (χ0n) is 14.7. The number of nitrogen functional groups attached to an aromatic ring is 1. The van der Waals surface area contributed by atoms with Crippen molar-refractivity contribution in [2.75, 3.05) is 16.4 Å². The van der Waals surface area contributed by atoms with Gasteiger partial charge in [-0.1, -0.05) is 0 Å². The number of fused-ring (bicyclic) bond motifs is 1. The van der Waals surface area contributed by atoms with Crippen LogP contribution in [0.3, 0.4) is 0 Å². The standard InChI is InChI=1S/C16H21N9O/c1-3-25-11(6-9(2)23-25)20-12(26)7-24-8-18-13-14(19-10-4-5-10)21-16(17)22-15(13)24/h6,8,10H,3-5,7H2,1-2H3,(H,20,26)(H3,17,19,21,22). The van der Waals surface area contributed by atoms with E-state index < -0.39 is 0 Å². The molecule has 0 saturated heterocycles. The number of amides is 1. The molecule has 26 heavy (non-hydrogen) atoms. The Kier molecular flexibility index (Phi) is 3.94. The van der Waals surface area contributed by atoms with E-state index in [0.29, 0.717) is 35.4 Å². The van der Waals surface area contributed by atoms with Crippen molar-refractivity contribution >= 4 is 34.7 Å². The minimum absolute atomic E-state index is 0.0732. The first-order chi connectivity index (χ1) is 12.5. The lowest BCUT2D eigenvalue weighted by Crippen LogP contribution is -2.20. The summed E-state index contributed by atoms with van der Waals surface area (Å²) in [5.74, 6) is 1.26. The number of carbonyl (C=O) groups is 1. The molecule has 10 heteroatoms. The molecule has 1 saturated carbocycles. The Morgan fingerprint density at radius 2 is 2.19 bits per heavy atom. The molecule has 10 nitrogen and oxygen atoms in total. The van der Waals surface area contributed by atoms with Crippen LogP contribution < -0.4 is 16.4 Å². The molecule has 136 valence electrons. The summed E-state index contributed by atoms with van der Waals surface area (Å²) in [6, 6.07) is 2.25. The minimum Gasteiger partial charge on any atom is -0.368 e. The molecular formula is C16H21N9O. The lowest BCUT2D eigenvalue weighted by Gasteiger charge is -2.09. The van der Waals surface area contributed by atoms with Crippen molar-refractivity contribution in [1.82, 2.24) is 29.3 Å². The van der Waals surface area contributed by atoms with Crippen molar-refractivity contribution in [2.24, 2.45) is 0 Å². The highest BCUT2D eigenvalue weighted by atomic mass is 16.2. The second-order valence-corrected chi connectivity index (χ2v) is 6.43. The first-order valence-corrected chi connectivity index (χ1v) is 8.62. The zero-order valence-corrected chi connectivity index (χ0v) is 14.7. The molecule has 0 radical (unpaired) electrons. The van der Waals surface area contributed by atoms with Gasteiger partial charge in [0.15, 0.2) is 17.0 Å². The van der Waals surface area contributed by atoms with E-state index in [4.69, 9.17) is 5.73 Å². The Hall–Kier alpha value is -3.17. The molecule has 3 heterocycles. The Morgan fingerprint density at radius 3 is 2.92 bits per heavy atom. The van der Waals surface area contributed by atoms with Gasteiger partial charge in [-0.3, -0.25) is 4.79 Å². The van der Waals surface area contributed by atoms with E-state index in [1.54, 1.807) is 15.6 Å². The van der Waals surface area contributed by atoms with Crippen LogP contribution in [0.2, 0.25) is 0 Å². The molecule has 1 aliphatic carbocycles. The average Bonchev–Trinajstić information content (AvgIpc) is 3.21. The molecule has 3 aromatic rings. The van der Waals surface area contributed by atoms with Crippen LogP contribution in [0.15, 0.2) is 12.4 Å². The largest absolute Gasteiger partial charge is 0.368 e. The van der Waals surface area contributed by atoms with Gasteiger partial charge >= 0.3 is 0 Å². The monoisotopic (exact) mass is 355 g/mol. The second-order valence-electron chi connectivity index (χ2n) is 6.43. The van der Waals surface area contributed by atoms with Gasteiger partial charge in [-0.25, -0.2) is 9.67 Å². The molecule has 0 spiro atoms. The number of nitrogens with two attached hydrogens (primary N) is 1. The van der Waals surface area contributed by atoms with E-state index in [-0.39, 0.29) is 18.4 Å². The maximum Gasteiger partial charge on any atom is 0.245 e. The van der Waals surface area contributed by atoms with Crippen molar-refractivity contribution in [3.8, 4) is 0 Å². The SMILES string of the molecule is CCn1nc(C)cc1NC(=O)Cn1cnc2c(NC3CC3)nc(N)nc21. The van der Waals surface area contributed by atoms with E-state index >= 15 is 0 Å². The van der Waals surface area contributed by atoms with E-state index in [9.17, 15) is 4.79 Å². The third-order valence-corrected chi connectivity index (χ3v) is 4.18. The van der Waals surface area contributed by atoms with Gasteiger partial charge in [-0.2, -0.15) is 15.1 Å². The summed E-state index contributed by atoms with van der Waals surface area (Å²) in [5, 5.41) is 10.5. The molecule has 0 atom stereocenters. The van der Waals surface area contributed by atoms with E-state index in [1.807, 2.05) is 19.9 Å². The average molecular weight is 355 g/mol. The van der Waals surface area contributed by atoms with Crippen molar-refractivity contribution in [1.29, 1.82) is 0 Å². The number of hydrogen-bond acceptors (Lipinski definition) is 7. The number of nitrogens with one attached hydrogen (secondary N) is 2. The molecule has 3 aromatic heterocycles. The number of anilines is 3. The fraction of sp³-hybridized carbons (Fsp3) is 0.438. The first-order valence-electron chi connectivity index (χ1n) is 8.62. The smallest absolute Gasteiger partial charge is 0.245 e. The quantitative estimate of drug-likeness (QED) is 0.605. The number of hydrogen-bond donors (Lipinski definition) is 3.